The first kappa shape index (κ1) is 13.8. The van der Waals surface area contributed by atoms with Crippen molar-refractivity contribution in [3.05, 3.63) is 11.6 Å². The summed E-state index contributed by atoms with van der Waals surface area (Å²) in [6, 6.07) is 0. The Bertz CT molecular complexity index is 226. The first-order chi connectivity index (χ1) is 7.50. The molecule has 0 heterocycles. The van der Waals surface area contributed by atoms with E-state index in [1.807, 2.05) is 0 Å². The van der Waals surface area contributed by atoms with Crippen LogP contribution in [0.15, 0.2) is 11.6 Å². The lowest BCUT2D eigenvalue weighted by molar-refractivity contribution is -0.0263. The predicted octanol–water partition coefficient (Wildman–Crippen LogP) is 4.43. The van der Waals surface area contributed by atoms with Gasteiger partial charge in [0.15, 0.2) is 0 Å². The van der Waals surface area contributed by atoms with E-state index in [4.69, 9.17) is 4.74 Å². The third kappa shape index (κ3) is 4.29. The lowest BCUT2D eigenvalue weighted by Crippen LogP contribution is -2.34. The second kappa shape index (κ2) is 6.44. The topological polar surface area (TPSA) is 9.23 Å². The van der Waals surface area contributed by atoms with Gasteiger partial charge in [-0.25, -0.2) is 0 Å². The fourth-order valence-electron chi connectivity index (χ4n) is 2.64. The van der Waals surface area contributed by atoms with E-state index >= 15 is 0 Å². The minimum atomic E-state index is 0.486. The molecule has 1 rings (SSSR count). The monoisotopic (exact) mass is 224 g/mol. The minimum Gasteiger partial charge on any atom is -0.374 e. The maximum atomic E-state index is 6.06. The van der Waals surface area contributed by atoms with Crippen LogP contribution in [0.5, 0.6) is 0 Å². The maximum Gasteiger partial charge on any atom is 0.0653 e. The molecule has 0 spiro atoms. The molecule has 1 aliphatic carbocycles. The van der Waals surface area contributed by atoms with Gasteiger partial charge in [-0.15, -0.1) is 0 Å². The molecular weight excluding hydrogens is 196 g/mol. The van der Waals surface area contributed by atoms with Gasteiger partial charge < -0.3 is 4.74 Å². The Morgan fingerprint density at radius 3 is 2.56 bits per heavy atom. The molecule has 3 atom stereocenters. The molecule has 16 heavy (non-hydrogen) atoms. The zero-order valence-corrected chi connectivity index (χ0v) is 11.6. The molecule has 0 aliphatic heterocycles. The van der Waals surface area contributed by atoms with Gasteiger partial charge in [0.1, 0.15) is 0 Å². The molecule has 0 unspecified atom stereocenters. The number of hydrogen-bond donors (Lipinski definition) is 0. The van der Waals surface area contributed by atoms with E-state index in [0.29, 0.717) is 6.10 Å². The Hall–Kier alpha value is -0.300. The molecule has 1 saturated carbocycles. The van der Waals surface area contributed by atoms with Crippen LogP contribution in [-0.4, -0.2) is 12.7 Å². The second-order valence-electron chi connectivity index (χ2n) is 5.98. The van der Waals surface area contributed by atoms with Crippen molar-refractivity contribution in [3.63, 3.8) is 0 Å². The summed E-state index contributed by atoms with van der Waals surface area (Å²) in [5, 5.41) is 0. The first-order valence-corrected chi connectivity index (χ1v) is 6.75. The smallest absolute Gasteiger partial charge is 0.0653 e. The van der Waals surface area contributed by atoms with Crippen molar-refractivity contribution in [2.24, 2.45) is 17.8 Å². The van der Waals surface area contributed by atoms with E-state index < -0.39 is 0 Å². The molecule has 0 aromatic heterocycles. The largest absolute Gasteiger partial charge is 0.374 e. The van der Waals surface area contributed by atoms with Gasteiger partial charge in [-0.3, -0.25) is 0 Å². The van der Waals surface area contributed by atoms with Crippen molar-refractivity contribution < 1.29 is 4.74 Å². The Morgan fingerprint density at radius 1 is 1.31 bits per heavy atom. The zero-order valence-electron chi connectivity index (χ0n) is 11.6. The Balaban J connectivity index is 2.48. The van der Waals surface area contributed by atoms with Crippen molar-refractivity contribution in [2.45, 2.75) is 60.0 Å². The molecular formula is C15H28O. The van der Waals surface area contributed by atoms with Gasteiger partial charge >= 0.3 is 0 Å². The molecule has 0 N–H and O–H groups in total. The van der Waals surface area contributed by atoms with Crippen LogP contribution in [0, 0.1) is 17.8 Å². The average Bonchev–Trinajstić information content (AvgIpc) is 2.16. The van der Waals surface area contributed by atoms with Gasteiger partial charge in [-0.05, 0) is 44.4 Å². The number of allylic oxidation sites excluding steroid dienone is 1. The van der Waals surface area contributed by atoms with Crippen molar-refractivity contribution in [3.8, 4) is 0 Å². The van der Waals surface area contributed by atoms with Gasteiger partial charge in [0.25, 0.3) is 0 Å². The van der Waals surface area contributed by atoms with E-state index in [1.165, 1.54) is 24.8 Å². The number of rotatable bonds is 4. The molecule has 0 bridgehead atoms. The highest BCUT2D eigenvalue weighted by Gasteiger charge is 2.30. The van der Waals surface area contributed by atoms with Crippen molar-refractivity contribution >= 4 is 0 Å². The van der Waals surface area contributed by atoms with Gasteiger partial charge in [0.2, 0.25) is 0 Å². The molecule has 0 aromatic rings. The standard InChI is InChI=1S/C15H28O/c1-11(2)8-9-16-15-10-13(5)6-7-14(15)12(3)4/h8,12-15H,6-7,9-10H2,1-5H3/t13-,14+,15-/m1/s1. The molecule has 1 heteroatoms. The highest BCUT2D eigenvalue weighted by atomic mass is 16.5. The van der Waals surface area contributed by atoms with Gasteiger partial charge in [-0.2, -0.15) is 0 Å². The third-order valence-corrected chi connectivity index (χ3v) is 3.76. The fraction of sp³-hybridized carbons (Fsp3) is 0.867. The highest BCUT2D eigenvalue weighted by Crippen LogP contribution is 2.35. The Morgan fingerprint density at radius 2 is 2.00 bits per heavy atom. The van der Waals surface area contributed by atoms with Crippen LogP contribution in [0.25, 0.3) is 0 Å². The SMILES string of the molecule is CC(C)=CCO[C@@H]1C[C@H](C)CC[C@H]1C(C)C. The highest BCUT2D eigenvalue weighted by molar-refractivity contribution is 4.93. The summed E-state index contributed by atoms with van der Waals surface area (Å²) in [6.45, 7) is 12.1. The second-order valence-corrected chi connectivity index (χ2v) is 5.98. The van der Waals surface area contributed by atoms with Crippen LogP contribution in [-0.2, 0) is 4.74 Å². The number of ether oxygens (including phenoxy) is 1. The summed E-state index contributed by atoms with van der Waals surface area (Å²) in [5.41, 5.74) is 1.35. The zero-order chi connectivity index (χ0) is 12.1. The molecule has 1 aliphatic rings. The average molecular weight is 224 g/mol. The van der Waals surface area contributed by atoms with Crippen LogP contribution in [0.2, 0.25) is 0 Å². The summed E-state index contributed by atoms with van der Waals surface area (Å²) in [7, 11) is 0. The van der Waals surface area contributed by atoms with Crippen LogP contribution >= 0.6 is 0 Å². The van der Waals surface area contributed by atoms with Crippen molar-refractivity contribution in [1.82, 2.24) is 0 Å². The van der Waals surface area contributed by atoms with Gasteiger partial charge in [0.05, 0.1) is 12.7 Å². The van der Waals surface area contributed by atoms with Gasteiger partial charge in [-0.1, -0.05) is 38.8 Å². The third-order valence-electron chi connectivity index (χ3n) is 3.76. The summed E-state index contributed by atoms with van der Waals surface area (Å²) in [5.74, 6) is 2.36. The van der Waals surface area contributed by atoms with Crippen molar-refractivity contribution in [2.75, 3.05) is 6.61 Å². The Kier molecular flexibility index (Phi) is 5.54. The summed E-state index contributed by atoms with van der Waals surface area (Å²) >= 11 is 0. The van der Waals surface area contributed by atoms with Crippen LogP contribution in [0.4, 0.5) is 0 Å². The molecule has 0 radical (unpaired) electrons. The van der Waals surface area contributed by atoms with Crippen LogP contribution in [0.1, 0.15) is 53.9 Å². The van der Waals surface area contributed by atoms with E-state index in [9.17, 15) is 0 Å². The first-order valence-electron chi connectivity index (χ1n) is 6.75. The molecule has 1 nitrogen and oxygen atoms in total. The Labute approximate surface area is 101 Å². The molecule has 0 amide bonds. The summed E-state index contributed by atoms with van der Waals surface area (Å²) in [6.07, 6.45) is 6.65. The maximum absolute atomic E-state index is 6.06. The summed E-state index contributed by atoms with van der Waals surface area (Å²) < 4.78 is 6.06. The number of hydrogen-bond acceptors (Lipinski definition) is 1. The predicted molar refractivity (Wildman–Crippen MR) is 70.5 cm³/mol. The fourth-order valence-corrected chi connectivity index (χ4v) is 2.64. The molecule has 1 fully saturated rings. The minimum absolute atomic E-state index is 0.486. The summed E-state index contributed by atoms with van der Waals surface area (Å²) in [4.78, 5) is 0. The molecule has 0 aromatic carbocycles. The quantitative estimate of drug-likeness (QED) is 0.642. The van der Waals surface area contributed by atoms with Crippen LogP contribution < -0.4 is 0 Å². The van der Waals surface area contributed by atoms with Gasteiger partial charge in [0, 0.05) is 0 Å². The lowest BCUT2D eigenvalue weighted by atomic mass is 9.75. The van der Waals surface area contributed by atoms with E-state index in [1.54, 1.807) is 0 Å². The van der Waals surface area contributed by atoms with E-state index in [-0.39, 0.29) is 0 Å². The normalized spacial score (nSPS) is 30.5. The molecule has 0 saturated heterocycles. The lowest BCUT2D eigenvalue weighted by Gasteiger charge is -2.37. The van der Waals surface area contributed by atoms with E-state index in [0.717, 1.165) is 24.4 Å². The van der Waals surface area contributed by atoms with Crippen molar-refractivity contribution in [1.29, 1.82) is 0 Å². The van der Waals surface area contributed by atoms with E-state index in [2.05, 4.69) is 40.7 Å². The molecule has 94 valence electrons. The van der Waals surface area contributed by atoms with Crippen LogP contribution in [0.3, 0.4) is 0 Å².